The Morgan fingerprint density at radius 1 is 1.16 bits per heavy atom. The Labute approximate surface area is 150 Å². The van der Waals surface area contributed by atoms with Crippen molar-refractivity contribution < 1.29 is 19.4 Å². The number of hydrogen-bond acceptors (Lipinski definition) is 4. The van der Waals surface area contributed by atoms with Crippen LogP contribution in [0.1, 0.15) is 15.9 Å². The molecule has 0 unspecified atom stereocenters. The highest BCUT2D eigenvalue weighted by Crippen LogP contribution is 2.25. The molecule has 0 aromatic heterocycles. The van der Waals surface area contributed by atoms with Crippen molar-refractivity contribution in [3.63, 3.8) is 0 Å². The molecule has 25 heavy (non-hydrogen) atoms. The lowest BCUT2D eigenvalue weighted by molar-refractivity contribution is -0.115. The molecule has 0 saturated heterocycles. The molecule has 0 aliphatic heterocycles. The number of hydrogen-bond donors (Lipinski definition) is 3. The summed E-state index contributed by atoms with van der Waals surface area (Å²) in [4.78, 5) is 23.0. The molecule has 0 aliphatic carbocycles. The van der Waals surface area contributed by atoms with E-state index in [0.717, 1.165) is 5.56 Å². The molecule has 0 saturated carbocycles. The van der Waals surface area contributed by atoms with Crippen LogP contribution in [0.25, 0.3) is 6.08 Å². The highest BCUT2D eigenvalue weighted by Gasteiger charge is 2.11. The van der Waals surface area contributed by atoms with Gasteiger partial charge in [0.15, 0.2) is 5.11 Å². The van der Waals surface area contributed by atoms with E-state index in [1.807, 2.05) is 30.3 Å². The Hall–Kier alpha value is -3.19. The molecule has 0 bridgehead atoms. The predicted molar refractivity (Wildman–Crippen MR) is 99.8 cm³/mol. The van der Waals surface area contributed by atoms with Crippen LogP contribution >= 0.6 is 12.2 Å². The number of amides is 1. The normalized spacial score (nSPS) is 10.3. The van der Waals surface area contributed by atoms with Gasteiger partial charge in [0.25, 0.3) is 0 Å². The average molecular weight is 356 g/mol. The van der Waals surface area contributed by atoms with Crippen molar-refractivity contribution in [1.29, 1.82) is 0 Å². The summed E-state index contributed by atoms with van der Waals surface area (Å²) < 4.78 is 5.15. The first-order chi connectivity index (χ1) is 12.0. The van der Waals surface area contributed by atoms with E-state index < -0.39 is 11.9 Å². The molecule has 1 amide bonds. The van der Waals surface area contributed by atoms with E-state index in [0.29, 0.717) is 11.4 Å². The zero-order valence-electron chi connectivity index (χ0n) is 13.4. The molecule has 2 rings (SSSR count). The Balaban J connectivity index is 2.02. The summed E-state index contributed by atoms with van der Waals surface area (Å²) >= 11 is 5.08. The van der Waals surface area contributed by atoms with Crippen LogP contribution < -0.4 is 15.4 Å². The summed E-state index contributed by atoms with van der Waals surface area (Å²) in [5.74, 6) is -1.08. The molecule has 2 aromatic rings. The van der Waals surface area contributed by atoms with E-state index in [4.69, 9.17) is 22.1 Å². The number of carboxylic acid groups (broad SMARTS) is 1. The summed E-state index contributed by atoms with van der Waals surface area (Å²) in [5.41, 5.74) is 1.30. The van der Waals surface area contributed by atoms with Crippen molar-refractivity contribution in [2.75, 3.05) is 12.4 Å². The summed E-state index contributed by atoms with van der Waals surface area (Å²) in [6.07, 6.45) is 3.01. The maximum absolute atomic E-state index is 11.9. The number of aromatic carboxylic acids is 1. The Morgan fingerprint density at radius 2 is 1.88 bits per heavy atom. The summed E-state index contributed by atoms with van der Waals surface area (Å²) in [6, 6.07) is 13.6. The van der Waals surface area contributed by atoms with Crippen LogP contribution in [0.3, 0.4) is 0 Å². The van der Waals surface area contributed by atoms with Crippen LogP contribution in [0.5, 0.6) is 5.75 Å². The summed E-state index contributed by atoms with van der Waals surface area (Å²) in [5, 5.41) is 14.3. The Kier molecular flexibility index (Phi) is 6.25. The van der Waals surface area contributed by atoms with Crippen molar-refractivity contribution in [1.82, 2.24) is 5.32 Å². The maximum atomic E-state index is 11.9. The number of anilines is 1. The van der Waals surface area contributed by atoms with Gasteiger partial charge in [0.1, 0.15) is 5.75 Å². The predicted octanol–water partition coefficient (Wildman–Crippen LogP) is 2.92. The SMILES string of the molecule is COc1ccc(C(=O)O)cc1NC(=S)NC(=O)/C=C/c1ccccc1. The lowest BCUT2D eigenvalue weighted by Crippen LogP contribution is -2.33. The van der Waals surface area contributed by atoms with Crippen molar-refractivity contribution in [3.8, 4) is 5.75 Å². The van der Waals surface area contributed by atoms with E-state index in [1.54, 1.807) is 6.08 Å². The third-order valence-electron chi connectivity index (χ3n) is 3.16. The number of carbonyl (C=O) groups excluding carboxylic acids is 1. The van der Waals surface area contributed by atoms with Gasteiger partial charge in [0.2, 0.25) is 5.91 Å². The topological polar surface area (TPSA) is 87.7 Å². The molecule has 0 spiro atoms. The third kappa shape index (κ3) is 5.43. The molecule has 0 aliphatic rings. The quantitative estimate of drug-likeness (QED) is 0.564. The van der Waals surface area contributed by atoms with Gasteiger partial charge in [-0.3, -0.25) is 10.1 Å². The molecule has 128 valence electrons. The van der Waals surface area contributed by atoms with Gasteiger partial charge in [-0.25, -0.2) is 4.79 Å². The number of carboxylic acids is 1. The molecule has 0 radical (unpaired) electrons. The van der Waals surface area contributed by atoms with Gasteiger partial charge in [-0.1, -0.05) is 30.3 Å². The fraction of sp³-hybridized carbons (Fsp3) is 0.0556. The molecule has 0 heterocycles. The minimum atomic E-state index is -1.08. The highest BCUT2D eigenvalue weighted by molar-refractivity contribution is 7.80. The first kappa shape index (κ1) is 18.2. The van der Waals surface area contributed by atoms with Gasteiger partial charge in [-0.05, 0) is 42.1 Å². The van der Waals surface area contributed by atoms with Crippen molar-refractivity contribution in [2.45, 2.75) is 0 Å². The van der Waals surface area contributed by atoms with Crippen molar-refractivity contribution in [3.05, 3.63) is 65.7 Å². The second kappa shape index (κ2) is 8.60. The molecule has 7 heteroatoms. The number of rotatable bonds is 5. The number of methoxy groups -OCH3 is 1. The van der Waals surface area contributed by atoms with Crippen LogP contribution in [0.2, 0.25) is 0 Å². The van der Waals surface area contributed by atoms with Crippen LogP contribution in [0.15, 0.2) is 54.6 Å². The monoisotopic (exact) mass is 356 g/mol. The molecule has 3 N–H and O–H groups in total. The number of ether oxygens (including phenoxy) is 1. The Morgan fingerprint density at radius 3 is 2.52 bits per heavy atom. The van der Waals surface area contributed by atoms with Crippen LogP contribution in [-0.2, 0) is 4.79 Å². The maximum Gasteiger partial charge on any atom is 0.335 e. The zero-order valence-corrected chi connectivity index (χ0v) is 14.2. The average Bonchev–Trinajstić information content (AvgIpc) is 2.60. The van der Waals surface area contributed by atoms with Crippen molar-refractivity contribution in [2.24, 2.45) is 0 Å². The molecule has 0 atom stereocenters. The standard InChI is InChI=1S/C18H16N2O4S/c1-24-15-9-8-13(17(22)23)11-14(15)19-18(25)20-16(21)10-7-12-5-3-2-4-6-12/h2-11H,1H3,(H,22,23)(H2,19,20,21,25)/b10-7+. The van der Waals surface area contributed by atoms with Crippen LogP contribution in [-0.4, -0.2) is 29.2 Å². The summed E-state index contributed by atoms with van der Waals surface area (Å²) in [6.45, 7) is 0. The largest absolute Gasteiger partial charge is 0.495 e. The molecule has 2 aromatic carbocycles. The minimum absolute atomic E-state index is 0.0311. The number of nitrogens with one attached hydrogen (secondary N) is 2. The summed E-state index contributed by atoms with van der Waals surface area (Å²) in [7, 11) is 1.45. The molecule has 0 fully saturated rings. The van der Waals surface area contributed by atoms with E-state index in [-0.39, 0.29) is 10.7 Å². The smallest absolute Gasteiger partial charge is 0.335 e. The molecular formula is C18H16N2O4S. The van der Waals surface area contributed by atoms with Crippen LogP contribution in [0.4, 0.5) is 5.69 Å². The van der Waals surface area contributed by atoms with E-state index in [1.165, 1.54) is 31.4 Å². The van der Waals surface area contributed by atoms with Gasteiger partial charge in [-0.15, -0.1) is 0 Å². The lowest BCUT2D eigenvalue weighted by atomic mass is 10.2. The number of carbonyl (C=O) groups is 2. The van der Waals surface area contributed by atoms with E-state index in [2.05, 4.69) is 10.6 Å². The fourth-order valence-electron chi connectivity index (χ4n) is 1.98. The van der Waals surface area contributed by atoms with Gasteiger partial charge in [0, 0.05) is 6.08 Å². The highest BCUT2D eigenvalue weighted by atomic mass is 32.1. The Bertz CT molecular complexity index is 819. The number of thiocarbonyl (C=S) groups is 1. The van der Waals surface area contributed by atoms with Gasteiger partial charge in [-0.2, -0.15) is 0 Å². The first-order valence-corrected chi connectivity index (χ1v) is 7.67. The van der Waals surface area contributed by atoms with Crippen LogP contribution in [0, 0.1) is 0 Å². The van der Waals surface area contributed by atoms with E-state index >= 15 is 0 Å². The first-order valence-electron chi connectivity index (χ1n) is 7.26. The third-order valence-corrected chi connectivity index (χ3v) is 3.36. The molecule has 6 nitrogen and oxygen atoms in total. The molecular weight excluding hydrogens is 340 g/mol. The van der Waals surface area contributed by atoms with Gasteiger partial charge < -0.3 is 15.2 Å². The minimum Gasteiger partial charge on any atom is -0.495 e. The van der Waals surface area contributed by atoms with E-state index in [9.17, 15) is 9.59 Å². The zero-order chi connectivity index (χ0) is 18.2. The lowest BCUT2D eigenvalue weighted by Gasteiger charge is -2.12. The fourth-order valence-corrected chi connectivity index (χ4v) is 2.19. The van der Waals surface area contributed by atoms with Gasteiger partial charge >= 0.3 is 5.97 Å². The number of benzene rings is 2. The van der Waals surface area contributed by atoms with Gasteiger partial charge in [0.05, 0.1) is 18.4 Å². The second-order valence-corrected chi connectivity index (χ2v) is 5.32. The van der Waals surface area contributed by atoms with Crippen molar-refractivity contribution >= 4 is 41.0 Å². The second-order valence-electron chi connectivity index (χ2n) is 4.91.